The summed E-state index contributed by atoms with van der Waals surface area (Å²) in [6.07, 6.45) is 16.2. The van der Waals surface area contributed by atoms with Crippen LogP contribution in [0, 0.1) is 0 Å². The van der Waals surface area contributed by atoms with Gasteiger partial charge in [0.25, 0.3) is 10.0 Å². The highest BCUT2D eigenvalue weighted by Gasteiger charge is 2.50. The molecule has 1 aromatic heterocycles. The molecule has 1 saturated heterocycles. The van der Waals surface area contributed by atoms with Crippen LogP contribution in [0.3, 0.4) is 0 Å². The lowest BCUT2D eigenvalue weighted by Crippen LogP contribution is -2.11. The Bertz CT molecular complexity index is 1470. The van der Waals surface area contributed by atoms with Gasteiger partial charge in [-0.25, -0.2) is 12.4 Å². The number of benzene rings is 2. The molecule has 2 aromatic carbocycles. The molecule has 208 valence electrons. The molecular formula is C34H43NO3S. The first-order chi connectivity index (χ1) is 18.6. The highest BCUT2D eigenvalue weighted by atomic mass is 32.2. The van der Waals surface area contributed by atoms with E-state index in [2.05, 4.69) is 52.8 Å². The lowest BCUT2D eigenvalue weighted by Gasteiger charge is -2.07. The van der Waals surface area contributed by atoms with Crippen molar-refractivity contribution < 1.29 is 13.2 Å². The van der Waals surface area contributed by atoms with Crippen molar-refractivity contribution in [1.82, 2.24) is 3.97 Å². The third-order valence-corrected chi connectivity index (χ3v) is 9.48. The second kappa shape index (κ2) is 12.5. The summed E-state index contributed by atoms with van der Waals surface area (Å²) in [7, 11) is -3.65. The third-order valence-electron chi connectivity index (χ3n) is 7.79. The van der Waals surface area contributed by atoms with Crippen molar-refractivity contribution in [3.05, 3.63) is 101 Å². The van der Waals surface area contributed by atoms with E-state index in [1.807, 2.05) is 30.3 Å². The zero-order valence-electron chi connectivity index (χ0n) is 24.1. The summed E-state index contributed by atoms with van der Waals surface area (Å²) in [6.45, 7) is 10.9. The maximum atomic E-state index is 13.3. The van der Waals surface area contributed by atoms with Gasteiger partial charge in [-0.1, -0.05) is 71.3 Å². The van der Waals surface area contributed by atoms with E-state index >= 15 is 0 Å². The van der Waals surface area contributed by atoms with Crippen molar-refractivity contribution in [2.75, 3.05) is 0 Å². The molecule has 0 radical (unpaired) electrons. The van der Waals surface area contributed by atoms with Crippen LogP contribution in [0.2, 0.25) is 0 Å². The quantitative estimate of drug-likeness (QED) is 0.159. The summed E-state index contributed by atoms with van der Waals surface area (Å²) < 4.78 is 34.1. The van der Waals surface area contributed by atoms with Gasteiger partial charge >= 0.3 is 0 Å². The Morgan fingerprint density at radius 1 is 0.897 bits per heavy atom. The minimum Gasteiger partial charge on any atom is -0.366 e. The molecule has 0 amide bonds. The Balaban J connectivity index is 1.32. The average Bonchev–Trinajstić information content (AvgIpc) is 3.40. The Kier molecular flexibility index (Phi) is 9.35. The van der Waals surface area contributed by atoms with E-state index < -0.39 is 10.0 Å². The van der Waals surface area contributed by atoms with Gasteiger partial charge in [0.2, 0.25) is 0 Å². The first kappa shape index (κ1) is 29.1. The first-order valence-electron chi connectivity index (χ1n) is 14.1. The fourth-order valence-corrected chi connectivity index (χ4v) is 6.61. The van der Waals surface area contributed by atoms with Crippen LogP contribution in [-0.4, -0.2) is 24.1 Å². The van der Waals surface area contributed by atoms with Crippen LogP contribution in [0.5, 0.6) is 0 Å². The van der Waals surface area contributed by atoms with E-state index in [-0.39, 0.29) is 5.60 Å². The topological polar surface area (TPSA) is 51.6 Å². The molecular weight excluding hydrogens is 502 g/mol. The fourth-order valence-electron chi connectivity index (χ4n) is 5.20. The highest BCUT2D eigenvalue weighted by molar-refractivity contribution is 7.90. The van der Waals surface area contributed by atoms with Gasteiger partial charge in [0.15, 0.2) is 0 Å². The molecule has 0 saturated carbocycles. The Morgan fingerprint density at radius 3 is 2.33 bits per heavy atom. The van der Waals surface area contributed by atoms with Crippen molar-refractivity contribution >= 4 is 20.9 Å². The molecule has 2 atom stereocenters. The van der Waals surface area contributed by atoms with Crippen LogP contribution in [0.15, 0.2) is 101 Å². The number of hydrogen-bond acceptors (Lipinski definition) is 3. The number of ether oxygens (including phenoxy) is 1. The summed E-state index contributed by atoms with van der Waals surface area (Å²) >= 11 is 0. The summed E-state index contributed by atoms with van der Waals surface area (Å²) in [4.78, 5) is 0.299. The van der Waals surface area contributed by atoms with E-state index in [9.17, 15) is 8.42 Å². The van der Waals surface area contributed by atoms with Crippen LogP contribution in [-0.2, 0) is 21.2 Å². The normalized spacial score (nSPS) is 19.9. The molecule has 1 fully saturated rings. The van der Waals surface area contributed by atoms with E-state index in [1.54, 1.807) is 30.5 Å². The van der Waals surface area contributed by atoms with Crippen molar-refractivity contribution in [2.45, 2.75) is 96.2 Å². The van der Waals surface area contributed by atoms with Gasteiger partial charge in [-0.15, -0.1) is 0 Å². The zero-order valence-corrected chi connectivity index (χ0v) is 24.9. The molecule has 2 heterocycles. The average molecular weight is 546 g/mol. The molecule has 1 aliphatic heterocycles. The smallest absolute Gasteiger partial charge is 0.268 e. The molecule has 1 aliphatic rings. The van der Waals surface area contributed by atoms with Gasteiger partial charge in [-0.2, -0.15) is 0 Å². The Labute approximate surface area is 235 Å². The van der Waals surface area contributed by atoms with Gasteiger partial charge in [0.1, 0.15) is 0 Å². The SMILES string of the molecule is CC(C)=CCC[C@]1(C)O[C@H]1CC/C(C)=C/CC/C(C)=C/Cc1cn(S(=O)(=O)c2ccccc2)c2ccccc12. The standard InChI is InChI=1S/C34H43NO3S/c1-26(2)13-12-24-34(5)33(38-34)23-21-28(4)15-11-14-27(3)20-22-29-25-35(32-19-10-9-18-31(29)32)39(36,37)30-16-7-6-8-17-30/h6-10,13,15-20,25,33H,11-12,14,21-24H2,1-5H3/b27-20+,28-15+/t33-,34-/m0/s1. The zero-order chi connectivity index (χ0) is 28.0. The molecule has 4 rings (SSSR count). The van der Waals surface area contributed by atoms with Crippen molar-refractivity contribution in [3.8, 4) is 0 Å². The Hall–Kier alpha value is -2.89. The van der Waals surface area contributed by atoms with E-state index in [1.165, 1.54) is 20.7 Å². The van der Waals surface area contributed by atoms with Crippen LogP contribution < -0.4 is 0 Å². The predicted octanol–water partition coefficient (Wildman–Crippen LogP) is 8.78. The van der Waals surface area contributed by atoms with Crippen LogP contribution in [0.25, 0.3) is 10.9 Å². The van der Waals surface area contributed by atoms with Gasteiger partial charge in [0, 0.05) is 11.6 Å². The lowest BCUT2D eigenvalue weighted by atomic mass is 9.96. The molecule has 39 heavy (non-hydrogen) atoms. The third kappa shape index (κ3) is 7.40. The van der Waals surface area contributed by atoms with Gasteiger partial charge in [0.05, 0.1) is 22.1 Å². The van der Waals surface area contributed by atoms with Gasteiger partial charge in [-0.3, -0.25) is 0 Å². The first-order valence-corrected chi connectivity index (χ1v) is 15.6. The summed E-state index contributed by atoms with van der Waals surface area (Å²) in [6, 6.07) is 16.4. The maximum Gasteiger partial charge on any atom is 0.268 e. The highest BCUT2D eigenvalue weighted by Crippen LogP contribution is 2.43. The molecule has 0 bridgehead atoms. The van der Waals surface area contributed by atoms with Crippen LogP contribution in [0.4, 0.5) is 0 Å². The monoisotopic (exact) mass is 545 g/mol. The maximum absolute atomic E-state index is 13.3. The molecule has 0 unspecified atom stereocenters. The minimum atomic E-state index is -3.65. The molecule has 0 N–H and O–H groups in total. The summed E-state index contributed by atoms with van der Waals surface area (Å²) in [5, 5.41) is 0.979. The molecule has 3 aromatic rings. The van der Waals surface area contributed by atoms with E-state index in [0.29, 0.717) is 22.9 Å². The van der Waals surface area contributed by atoms with Gasteiger partial charge < -0.3 is 4.74 Å². The number of aromatic nitrogens is 1. The predicted molar refractivity (Wildman–Crippen MR) is 163 cm³/mol. The molecule has 4 nitrogen and oxygen atoms in total. The second-order valence-corrected chi connectivity index (χ2v) is 13.2. The molecule has 0 spiro atoms. The van der Waals surface area contributed by atoms with Crippen molar-refractivity contribution in [3.63, 3.8) is 0 Å². The van der Waals surface area contributed by atoms with E-state index in [0.717, 1.165) is 49.5 Å². The number of rotatable bonds is 13. The number of fused-ring (bicyclic) bond motifs is 1. The summed E-state index contributed by atoms with van der Waals surface area (Å²) in [5.74, 6) is 0. The summed E-state index contributed by atoms with van der Waals surface area (Å²) in [5.41, 5.74) is 5.93. The largest absolute Gasteiger partial charge is 0.366 e. The number of epoxide rings is 1. The van der Waals surface area contributed by atoms with Crippen molar-refractivity contribution in [1.29, 1.82) is 0 Å². The number of hydrogen-bond donors (Lipinski definition) is 0. The number of para-hydroxylation sites is 1. The van der Waals surface area contributed by atoms with Gasteiger partial charge in [-0.05, 0) is 103 Å². The fraction of sp³-hybridized carbons (Fsp3) is 0.412. The number of allylic oxidation sites excluding steroid dienone is 6. The van der Waals surface area contributed by atoms with Crippen molar-refractivity contribution in [2.24, 2.45) is 0 Å². The van der Waals surface area contributed by atoms with Crippen LogP contribution in [0.1, 0.15) is 78.7 Å². The number of nitrogens with zero attached hydrogens (tertiary/aromatic N) is 1. The minimum absolute atomic E-state index is 0.0646. The Morgan fingerprint density at radius 2 is 1.59 bits per heavy atom. The lowest BCUT2D eigenvalue weighted by molar-refractivity contribution is 0.295. The molecule has 5 heteroatoms. The van der Waals surface area contributed by atoms with E-state index in [4.69, 9.17) is 4.74 Å². The van der Waals surface area contributed by atoms with Crippen LogP contribution >= 0.6 is 0 Å². The molecule has 0 aliphatic carbocycles. The second-order valence-electron chi connectivity index (χ2n) is 11.4.